The number of hydrogen-bond acceptors (Lipinski definition) is 2. The van der Waals surface area contributed by atoms with Gasteiger partial charge in [-0.2, -0.15) is 0 Å². The van der Waals surface area contributed by atoms with Crippen LogP contribution in [-0.2, 0) is 18.6 Å². The van der Waals surface area contributed by atoms with Gasteiger partial charge in [0.1, 0.15) is 11.4 Å². The Morgan fingerprint density at radius 3 is 2.50 bits per heavy atom. The Morgan fingerprint density at radius 2 is 1.88 bits per heavy atom. The van der Waals surface area contributed by atoms with Gasteiger partial charge in [-0.05, 0) is 35.4 Å². The number of halogens is 3. The standard InChI is InChI=1S/C18H15Cl2FN2O/c19-15-4-1-13(17(20)9-15)10-18(24,11-23-8-7-22-12-23)14-2-5-16(21)6-3-14/h1-9,12,24H,10-11H2. The average Bonchev–Trinajstić information content (AvgIpc) is 3.03. The van der Waals surface area contributed by atoms with Gasteiger partial charge in [0.25, 0.3) is 0 Å². The molecule has 0 aliphatic rings. The summed E-state index contributed by atoms with van der Waals surface area (Å²) in [5.41, 5.74) is 0.0860. The summed E-state index contributed by atoms with van der Waals surface area (Å²) in [6.07, 6.45) is 5.28. The lowest BCUT2D eigenvalue weighted by molar-refractivity contribution is 0.0185. The van der Waals surface area contributed by atoms with E-state index in [4.69, 9.17) is 23.2 Å². The Kier molecular flexibility index (Phi) is 4.90. The summed E-state index contributed by atoms with van der Waals surface area (Å²) < 4.78 is 15.0. The fourth-order valence-corrected chi connectivity index (χ4v) is 3.15. The van der Waals surface area contributed by atoms with Gasteiger partial charge in [-0.1, -0.05) is 41.4 Å². The minimum Gasteiger partial charge on any atom is -0.383 e. The first kappa shape index (κ1) is 17.0. The van der Waals surface area contributed by atoms with Crippen LogP contribution in [0.25, 0.3) is 0 Å². The highest BCUT2D eigenvalue weighted by Crippen LogP contribution is 2.32. The van der Waals surface area contributed by atoms with Crippen LogP contribution in [0.4, 0.5) is 4.39 Å². The van der Waals surface area contributed by atoms with Crippen LogP contribution in [0.5, 0.6) is 0 Å². The van der Waals surface area contributed by atoms with E-state index in [0.29, 0.717) is 15.6 Å². The molecule has 1 N–H and O–H groups in total. The van der Waals surface area contributed by atoms with E-state index in [9.17, 15) is 9.50 Å². The smallest absolute Gasteiger partial charge is 0.123 e. The molecule has 124 valence electrons. The zero-order chi connectivity index (χ0) is 17.2. The number of aliphatic hydroxyl groups is 1. The van der Waals surface area contributed by atoms with Crippen LogP contribution in [0.1, 0.15) is 11.1 Å². The molecule has 3 nitrogen and oxygen atoms in total. The normalized spacial score (nSPS) is 13.7. The second kappa shape index (κ2) is 6.93. The highest BCUT2D eigenvalue weighted by atomic mass is 35.5. The van der Waals surface area contributed by atoms with E-state index in [-0.39, 0.29) is 18.8 Å². The Labute approximate surface area is 149 Å². The number of hydrogen-bond donors (Lipinski definition) is 1. The summed E-state index contributed by atoms with van der Waals surface area (Å²) in [6.45, 7) is 0.261. The number of benzene rings is 2. The van der Waals surface area contributed by atoms with E-state index >= 15 is 0 Å². The summed E-state index contributed by atoms with van der Waals surface area (Å²) in [5.74, 6) is -0.353. The van der Waals surface area contributed by atoms with Gasteiger partial charge in [-0.3, -0.25) is 0 Å². The maximum atomic E-state index is 13.3. The minimum absolute atomic E-state index is 0.257. The van der Waals surface area contributed by atoms with Crippen molar-refractivity contribution in [3.63, 3.8) is 0 Å². The molecule has 6 heteroatoms. The number of nitrogens with zero attached hydrogens (tertiary/aromatic N) is 2. The highest BCUT2D eigenvalue weighted by molar-refractivity contribution is 6.35. The molecule has 0 fully saturated rings. The third-order valence-electron chi connectivity index (χ3n) is 3.88. The third-order valence-corrected chi connectivity index (χ3v) is 4.47. The van der Waals surface area contributed by atoms with Gasteiger partial charge >= 0.3 is 0 Å². The van der Waals surface area contributed by atoms with E-state index < -0.39 is 5.60 Å². The maximum absolute atomic E-state index is 13.3. The molecule has 1 unspecified atom stereocenters. The fraction of sp³-hybridized carbons (Fsp3) is 0.167. The van der Waals surface area contributed by atoms with Crippen LogP contribution in [0.2, 0.25) is 10.0 Å². The van der Waals surface area contributed by atoms with Crippen LogP contribution in [0, 0.1) is 5.82 Å². The van der Waals surface area contributed by atoms with Gasteiger partial charge in [0, 0.05) is 28.9 Å². The maximum Gasteiger partial charge on any atom is 0.123 e. The molecule has 0 radical (unpaired) electrons. The molecule has 0 bridgehead atoms. The monoisotopic (exact) mass is 364 g/mol. The lowest BCUT2D eigenvalue weighted by atomic mass is 9.87. The van der Waals surface area contributed by atoms with E-state index in [0.717, 1.165) is 5.56 Å². The molecule has 3 aromatic rings. The largest absolute Gasteiger partial charge is 0.383 e. The summed E-state index contributed by atoms with van der Waals surface area (Å²) >= 11 is 12.2. The lowest BCUT2D eigenvalue weighted by Crippen LogP contribution is -2.33. The van der Waals surface area contributed by atoms with Gasteiger partial charge in [0.05, 0.1) is 12.9 Å². The zero-order valence-electron chi connectivity index (χ0n) is 12.7. The van der Waals surface area contributed by atoms with Gasteiger partial charge in [0.2, 0.25) is 0 Å². The molecular formula is C18H15Cl2FN2O. The Hall–Kier alpha value is -1.88. The molecular weight excluding hydrogens is 350 g/mol. The van der Waals surface area contributed by atoms with Crippen molar-refractivity contribution in [3.05, 3.63) is 88.2 Å². The molecule has 3 rings (SSSR count). The second-order valence-electron chi connectivity index (χ2n) is 5.69. The highest BCUT2D eigenvalue weighted by Gasteiger charge is 2.31. The first-order chi connectivity index (χ1) is 11.5. The molecule has 0 amide bonds. The van der Waals surface area contributed by atoms with E-state index in [1.807, 2.05) is 0 Å². The zero-order valence-corrected chi connectivity index (χ0v) is 14.2. The lowest BCUT2D eigenvalue weighted by Gasteiger charge is -2.30. The number of imidazole rings is 1. The molecule has 0 saturated carbocycles. The summed E-state index contributed by atoms with van der Waals surface area (Å²) in [6, 6.07) is 11.0. The van der Waals surface area contributed by atoms with Crippen molar-refractivity contribution in [3.8, 4) is 0 Å². The van der Waals surface area contributed by atoms with E-state index in [1.54, 1.807) is 53.6 Å². The van der Waals surface area contributed by atoms with Crippen LogP contribution in [-0.4, -0.2) is 14.7 Å². The molecule has 2 aromatic carbocycles. The molecule has 24 heavy (non-hydrogen) atoms. The van der Waals surface area contributed by atoms with E-state index in [1.165, 1.54) is 12.1 Å². The topological polar surface area (TPSA) is 38.0 Å². The van der Waals surface area contributed by atoms with Crippen LogP contribution >= 0.6 is 23.2 Å². The molecule has 1 aromatic heterocycles. The van der Waals surface area contributed by atoms with Gasteiger partial charge < -0.3 is 9.67 Å². The predicted octanol–water partition coefficient (Wildman–Crippen LogP) is 4.46. The number of rotatable bonds is 5. The van der Waals surface area contributed by atoms with Crippen molar-refractivity contribution in [2.75, 3.05) is 0 Å². The van der Waals surface area contributed by atoms with Crippen molar-refractivity contribution in [2.24, 2.45) is 0 Å². The molecule has 0 saturated heterocycles. The van der Waals surface area contributed by atoms with Crippen molar-refractivity contribution < 1.29 is 9.50 Å². The first-order valence-electron chi connectivity index (χ1n) is 7.34. The molecule has 1 heterocycles. The number of aromatic nitrogens is 2. The fourth-order valence-electron chi connectivity index (χ4n) is 2.67. The van der Waals surface area contributed by atoms with Crippen molar-refractivity contribution in [2.45, 2.75) is 18.6 Å². The molecule has 1 atom stereocenters. The third kappa shape index (κ3) is 3.78. The molecule has 0 aliphatic carbocycles. The quantitative estimate of drug-likeness (QED) is 0.725. The predicted molar refractivity (Wildman–Crippen MR) is 92.7 cm³/mol. The SMILES string of the molecule is OC(Cc1ccc(Cl)cc1Cl)(Cn1ccnc1)c1ccc(F)cc1. The van der Waals surface area contributed by atoms with Crippen molar-refractivity contribution in [1.82, 2.24) is 9.55 Å². The van der Waals surface area contributed by atoms with Crippen LogP contribution < -0.4 is 0 Å². The van der Waals surface area contributed by atoms with E-state index in [2.05, 4.69) is 4.98 Å². The Bertz CT molecular complexity index is 822. The van der Waals surface area contributed by atoms with Gasteiger partial charge in [-0.15, -0.1) is 0 Å². The van der Waals surface area contributed by atoms with Crippen LogP contribution in [0.3, 0.4) is 0 Å². The summed E-state index contributed by atoms with van der Waals surface area (Å²) in [4.78, 5) is 4.00. The average molecular weight is 365 g/mol. The van der Waals surface area contributed by atoms with Crippen LogP contribution in [0.15, 0.2) is 61.2 Å². The van der Waals surface area contributed by atoms with Crippen molar-refractivity contribution in [1.29, 1.82) is 0 Å². The van der Waals surface area contributed by atoms with Gasteiger partial charge in [-0.25, -0.2) is 9.37 Å². The van der Waals surface area contributed by atoms with Crippen molar-refractivity contribution >= 4 is 23.2 Å². The summed E-state index contributed by atoms with van der Waals surface area (Å²) in [5, 5.41) is 12.3. The molecule has 0 aliphatic heterocycles. The second-order valence-corrected chi connectivity index (χ2v) is 6.53. The minimum atomic E-state index is -1.27. The Balaban J connectivity index is 1.99. The summed E-state index contributed by atoms with van der Waals surface area (Å²) in [7, 11) is 0. The first-order valence-corrected chi connectivity index (χ1v) is 8.10. The Morgan fingerprint density at radius 1 is 1.12 bits per heavy atom. The molecule has 0 spiro atoms. The van der Waals surface area contributed by atoms with Gasteiger partial charge in [0.15, 0.2) is 0 Å².